The molecule has 0 amide bonds. The van der Waals surface area contributed by atoms with Crippen molar-refractivity contribution >= 4 is 20.0 Å². The van der Waals surface area contributed by atoms with Crippen molar-refractivity contribution in [2.24, 2.45) is 17.3 Å². The summed E-state index contributed by atoms with van der Waals surface area (Å²) in [7, 11) is -1.44. The molecule has 1 fully saturated rings. The highest BCUT2D eigenvalue weighted by molar-refractivity contribution is 6.81. The van der Waals surface area contributed by atoms with E-state index < -0.39 is 19.9 Å². The van der Waals surface area contributed by atoms with Crippen LogP contribution < -0.4 is 0 Å². The second kappa shape index (κ2) is 6.98. The summed E-state index contributed by atoms with van der Waals surface area (Å²) in [5.41, 5.74) is 3.14. The number of hydrogen-bond acceptors (Lipinski definition) is 4. The van der Waals surface area contributed by atoms with Crippen molar-refractivity contribution in [1.29, 1.82) is 0 Å². The van der Waals surface area contributed by atoms with Gasteiger partial charge in [0.15, 0.2) is 0 Å². The highest BCUT2D eigenvalue weighted by Crippen LogP contribution is 2.51. The van der Waals surface area contributed by atoms with E-state index in [0.717, 1.165) is 0 Å². The zero-order chi connectivity index (χ0) is 17.1. The molecule has 1 rings (SSSR count). The third-order valence-corrected chi connectivity index (χ3v) is 5.40. The van der Waals surface area contributed by atoms with E-state index in [1.54, 1.807) is 13.8 Å². The van der Waals surface area contributed by atoms with Gasteiger partial charge in [0.25, 0.3) is 0 Å². The molecule has 1 saturated carbocycles. The van der Waals surface area contributed by atoms with Gasteiger partial charge in [0.1, 0.15) is 0 Å². The predicted octanol–water partition coefficient (Wildman–Crippen LogP) is 3.58. The van der Waals surface area contributed by atoms with E-state index in [0.29, 0.717) is 19.6 Å². The molecule has 126 valence electrons. The first kappa shape index (κ1) is 18.9. The second-order valence-corrected chi connectivity index (χ2v) is 12.6. The van der Waals surface area contributed by atoms with E-state index in [1.807, 2.05) is 13.8 Å². The molecule has 0 aromatic carbocycles. The van der Waals surface area contributed by atoms with Crippen molar-refractivity contribution < 1.29 is 19.1 Å². The van der Waals surface area contributed by atoms with Crippen LogP contribution in [0, 0.1) is 17.3 Å². The Kier molecular flexibility index (Phi) is 6.01. The van der Waals surface area contributed by atoms with Gasteiger partial charge in [-0.05, 0) is 25.7 Å². The van der Waals surface area contributed by atoms with Crippen LogP contribution in [0.4, 0.5) is 0 Å². The first-order valence-corrected chi connectivity index (χ1v) is 11.7. The lowest BCUT2D eigenvalue weighted by Crippen LogP contribution is -2.36. The van der Waals surface area contributed by atoms with Crippen molar-refractivity contribution in [3.63, 3.8) is 0 Å². The standard InChI is InChI=1S/C17H30O4Si/c1-8-20-15(18)13-10-12(11-22(5,6)7)17(3,4)14(13)16(19)21-9-2/h11,13-14H,8-10H2,1-7H3/b12-11+. The average molecular weight is 327 g/mol. The van der Waals surface area contributed by atoms with Gasteiger partial charge in [-0.25, -0.2) is 0 Å². The molecule has 5 heteroatoms. The van der Waals surface area contributed by atoms with Crippen LogP contribution in [0.1, 0.15) is 34.1 Å². The Bertz CT molecular complexity index is 460. The highest BCUT2D eigenvalue weighted by atomic mass is 28.3. The van der Waals surface area contributed by atoms with Gasteiger partial charge in [0.05, 0.1) is 33.1 Å². The topological polar surface area (TPSA) is 52.6 Å². The minimum Gasteiger partial charge on any atom is -0.466 e. The summed E-state index contributed by atoms with van der Waals surface area (Å²) in [6.45, 7) is 15.1. The first-order valence-electron chi connectivity index (χ1n) is 8.10. The highest BCUT2D eigenvalue weighted by Gasteiger charge is 2.53. The minimum atomic E-state index is -1.44. The fourth-order valence-electron chi connectivity index (χ4n) is 3.25. The second-order valence-electron chi connectivity index (χ2n) is 7.55. The molecule has 1 aliphatic carbocycles. The fourth-order valence-corrected chi connectivity index (χ4v) is 4.78. The van der Waals surface area contributed by atoms with Crippen LogP contribution in [0.3, 0.4) is 0 Å². The molecule has 0 aromatic rings. The van der Waals surface area contributed by atoms with E-state index in [9.17, 15) is 9.59 Å². The van der Waals surface area contributed by atoms with Crippen LogP contribution in [0.25, 0.3) is 0 Å². The largest absolute Gasteiger partial charge is 0.466 e. The SMILES string of the molecule is CCOC(=O)C1C/C(=C\[Si](C)(C)C)C(C)(C)C1C(=O)OCC. The molecule has 0 N–H and O–H groups in total. The summed E-state index contributed by atoms with van der Waals surface area (Å²) in [5.74, 6) is -1.47. The zero-order valence-corrected chi connectivity index (χ0v) is 16.0. The quantitative estimate of drug-likeness (QED) is 0.572. The molecule has 0 heterocycles. The van der Waals surface area contributed by atoms with Crippen LogP contribution in [-0.4, -0.2) is 33.2 Å². The average Bonchev–Trinajstić information content (AvgIpc) is 2.60. The van der Waals surface area contributed by atoms with Gasteiger partial charge in [0, 0.05) is 0 Å². The van der Waals surface area contributed by atoms with E-state index in [2.05, 4.69) is 25.3 Å². The fraction of sp³-hybridized carbons (Fsp3) is 0.765. The van der Waals surface area contributed by atoms with Gasteiger partial charge in [-0.1, -0.05) is 44.8 Å². The van der Waals surface area contributed by atoms with Crippen molar-refractivity contribution in [3.8, 4) is 0 Å². The van der Waals surface area contributed by atoms with Gasteiger partial charge in [-0.2, -0.15) is 0 Å². The first-order chi connectivity index (χ1) is 10.0. The Balaban J connectivity index is 3.23. The molecule has 0 saturated heterocycles. The van der Waals surface area contributed by atoms with E-state index in [-0.39, 0.29) is 17.4 Å². The third-order valence-electron chi connectivity index (χ3n) is 4.18. The number of rotatable bonds is 5. The lowest BCUT2D eigenvalue weighted by atomic mass is 9.77. The maximum Gasteiger partial charge on any atom is 0.310 e. The maximum atomic E-state index is 12.4. The van der Waals surface area contributed by atoms with Crippen LogP contribution in [0.15, 0.2) is 11.3 Å². The molecule has 0 spiro atoms. The summed E-state index contributed by atoms with van der Waals surface area (Å²) in [4.78, 5) is 24.8. The van der Waals surface area contributed by atoms with Crippen molar-refractivity contribution in [1.82, 2.24) is 0 Å². The zero-order valence-electron chi connectivity index (χ0n) is 15.0. The van der Waals surface area contributed by atoms with Gasteiger partial charge in [-0.15, -0.1) is 0 Å². The molecule has 22 heavy (non-hydrogen) atoms. The lowest BCUT2D eigenvalue weighted by Gasteiger charge is -2.30. The van der Waals surface area contributed by atoms with Crippen LogP contribution in [0.2, 0.25) is 19.6 Å². The van der Waals surface area contributed by atoms with Gasteiger partial charge < -0.3 is 9.47 Å². The Morgan fingerprint density at radius 1 is 1.14 bits per heavy atom. The summed E-state index contributed by atoms with van der Waals surface area (Å²) in [6, 6.07) is 0. The molecule has 2 unspecified atom stereocenters. The number of carbonyl (C=O) groups is 2. The Labute approximate surface area is 135 Å². The Morgan fingerprint density at radius 2 is 1.64 bits per heavy atom. The molecule has 1 aliphatic rings. The number of carbonyl (C=O) groups excluding carboxylic acids is 2. The summed E-state index contributed by atoms with van der Waals surface area (Å²) >= 11 is 0. The Hall–Kier alpha value is -1.10. The molecule has 0 aromatic heterocycles. The molecule has 2 atom stereocenters. The number of esters is 2. The summed E-state index contributed by atoms with van der Waals surface area (Å²) in [6.07, 6.45) is 0.597. The predicted molar refractivity (Wildman–Crippen MR) is 90.1 cm³/mol. The number of hydrogen-bond donors (Lipinski definition) is 0. The van der Waals surface area contributed by atoms with Crippen molar-refractivity contribution in [3.05, 3.63) is 11.3 Å². The van der Waals surface area contributed by atoms with Crippen molar-refractivity contribution in [2.75, 3.05) is 13.2 Å². The summed E-state index contributed by atoms with van der Waals surface area (Å²) < 4.78 is 10.4. The monoisotopic (exact) mass is 326 g/mol. The normalized spacial score (nSPS) is 26.0. The smallest absolute Gasteiger partial charge is 0.310 e. The van der Waals surface area contributed by atoms with E-state index in [4.69, 9.17) is 9.47 Å². The number of allylic oxidation sites excluding steroid dienone is 1. The van der Waals surface area contributed by atoms with Gasteiger partial charge in [0.2, 0.25) is 0 Å². The summed E-state index contributed by atoms with van der Waals surface area (Å²) in [5, 5.41) is 0. The molecule has 0 radical (unpaired) electrons. The molecular weight excluding hydrogens is 296 g/mol. The molecular formula is C17H30O4Si. The number of ether oxygens (including phenoxy) is 2. The molecule has 0 bridgehead atoms. The van der Waals surface area contributed by atoms with E-state index >= 15 is 0 Å². The van der Waals surface area contributed by atoms with Crippen LogP contribution >= 0.6 is 0 Å². The molecule has 0 aliphatic heterocycles. The van der Waals surface area contributed by atoms with Crippen LogP contribution in [0.5, 0.6) is 0 Å². The third kappa shape index (κ3) is 4.21. The van der Waals surface area contributed by atoms with Gasteiger partial charge in [-0.3, -0.25) is 9.59 Å². The Morgan fingerprint density at radius 3 is 2.09 bits per heavy atom. The maximum absolute atomic E-state index is 12.4. The lowest BCUT2D eigenvalue weighted by molar-refractivity contribution is -0.161. The molecule has 4 nitrogen and oxygen atoms in total. The van der Waals surface area contributed by atoms with Crippen molar-refractivity contribution in [2.45, 2.75) is 53.8 Å². The minimum absolute atomic E-state index is 0.285. The van der Waals surface area contributed by atoms with Crippen LogP contribution in [-0.2, 0) is 19.1 Å². The van der Waals surface area contributed by atoms with Gasteiger partial charge >= 0.3 is 11.9 Å². The van der Waals surface area contributed by atoms with E-state index in [1.165, 1.54) is 5.57 Å².